The highest BCUT2D eigenvalue weighted by atomic mass is 19.4. The number of furan rings is 1. The largest absolute Gasteiger partial charge is 0.481 e. The van der Waals surface area contributed by atoms with Crippen molar-refractivity contribution in [1.82, 2.24) is 4.90 Å². The van der Waals surface area contributed by atoms with Gasteiger partial charge in [0.2, 0.25) is 0 Å². The molecular weight excluding hydrogens is 239 g/mol. The third-order valence-corrected chi connectivity index (χ3v) is 2.29. The van der Waals surface area contributed by atoms with E-state index in [9.17, 15) is 18.0 Å². The first kappa shape index (κ1) is 13.6. The summed E-state index contributed by atoms with van der Waals surface area (Å²) in [5.41, 5.74) is 0.562. The van der Waals surface area contributed by atoms with Crippen LogP contribution < -0.4 is 0 Å². The molecule has 0 saturated carbocycles. The molecule has 0 fully saturated rings. The first-order chi connectivity index (χ1) is 7.80. The molecule has 0 radical (unpaired) electrons. The maximum absolute atomic E-state index is 12.6. The molecule has 1 rings (SSSR count). The average molecular weight is 251 g/mol. The van der Waals surface area contributed by atoms with Crippen molar-refractivity contribution in [3.8, 4) is 0 Å². The maximum atomic E-state index is 12.6. The van der Waals surface area contributed by atoms with Crippen LogP contribution in [-0.4, -0.2) is 35.2 Å². The van der Waals surface area contributed by atoms with Gasteiger partial charge in [-0.15, -0.1) is 0 Å². The van der Waals surface area contributed by atoms with E-state index < -0.39 is 24.6 Å². The number of alkyl halides is 3. The molecule has 1 unspecified atom stereocenters. The normalized spacial score (nSPS) is 13.9. The molecule has 0 aliphatic rings. The number of rotatable bonds is 5. The van der Waals surface area contributed by atoms with Crippen LogP contribution in [0.3, 0.4) is 0 Å². The van der Waals surface area contributed by atoms with Gasteiger partial charge in [-0.05, 0) is 13.1 Å². The van der Waals surface area contributed by atoms with Gasteiger partial charge in [0.05, 0.1) is 18.9 Å². The molecule has 0 aliphatic carbocycles. The molecule has 0 aromatic carbocycles. The Morgan fingerprint density at radius 1 is 1.59 bits per heavy atom. The van der Waals surface area contributed by atoms with Gasteiger partial charge >= 0.3 is 12.1 Å². The summed E-state index contributed by atoms with van der Waals surface area (Å²) in [7, 11) is 1.23. The quantitative estimate of drug-likeness (QED) is 0.870. The fourth-order valence-electron chi connectivity index (χ4n) is 1.47. The Balaban J connectivity index is 2.72. The average Bonchev–Trinajstić information content (AvgIpc) is 2.64. The van der Waals surface area contributed by atoms with Crippen LogP contribution in [0.25, 0.3) is 0 Å². The number of hydrogen-bond acceptors (Lipinski definition) is 3. The van der Waals surface area contributed by atoms with Crippen molar-refractivity contribution in [2.75, 3.05) is 7.05 Å². The maximum Gasteiger partial charge on any atom is 0.404 e. The molecule has 17 heavy (non-hydrogen) atoms. The first-order valence-corrected chi connectivity index (χ1v) is 4.80. The number of nitrogens with zero attached hydrogens (tertiary/aromatic N) is 1. The summed E-state index contributed by atoms with van der Waals surface area (Å²) in [6.07, 6.45) is -2.87. The van der Waals surface area contributed by atoms with Crippen LogP contribution in [0.5, 0.6) is 0 Å². The molecule has 0 amide bonds. The van der Waals surface area contributed by atoms with Crippen molar-refractivity contribution in [3.05, 3.63) is 24.2 Å². The second kappa shape index (κ2) is 5.22. The van der Waals surface area contributed by atoms with Gasteiger partial charge in [0.25, 0.3) is 0 Å². The SMILES string of the molecule is CN(Cc1ccoc1)C(CC(=O)O)C(F)(F)F. The van der Waals surface area contributed by atoms with Gasteiger partial charge in [-0.2, -0.15) is 13.2 Å². The molecule has 1 atom stereocenters. The van der Waals surface area contributed by atoms with E-state index in [2.05, 4.69) is 0 Å². The van der Waals surface area contributed by atoms with Gasteiger partial charge in [0.15, 0.2) is 0 Å². The number of halogens is 3. The number of hydrogen-bond donors (Lipinski definition) is 1. The first-order valence-electron chi connectivity index (χ1n) is 4.80. The molecular formula is C10H12F3NO3. The van der Waals surface area contributed by atoms with E-state index in [4.69, 9.17) is 9.52 Å². The molecule has 1 heterocycles. The third kappa shape index (κ3) is 4.10. The lowest BCUT2D eigenvalue weighted by Gasteiger charge is -2.28. The van der Waals surface area contributed by atoms with Gasteiger partial charge in [-0.25, -0.2) is 0 Å². The van der Waals surface area contributed by atoms with Gasteiger partial charge in [-0.3, -0.25) is 9.69 Å². The fraction of sp³-hybridized carbons (Fsp3) is 0.500. The Kier molecular flexibility index (Phi) is 4.17. The highest BCUT2D eigenvalue weighted by Crippen LogP contribution is 2.27. The van der Waals surface area contributed by atoms with E-state index in [0.717, 1.165) is 4.90 Å². The third-order valence-electron chi connectivity index (χ3n) is 2.29. The van der Waals surface area contributed by atoms with Crippen molar-refractivity contribution < 1.29 is 27.5 Å². The Morgan fingerprint density at radius 3 is 2.65 bits per heavy atom. The van der Waals surface area contributed by atoms with Crippen LogP contribution >= 0.6 is 0 Å². The summed E-state index contributed by atoms with van der Waals surface area (Å²) in [6, 6.07) is -0.472. The van der Waals surface area contributed by atoms with Crippen LogP contribution in [0.4, 0.5) is 13.2 Å². The van der Waals surface area contributed by atoms with E-state index >= 15 is 0 Å². The minimum absolute atomic E-state index is 0.0199. The molecule has 1 N–H and O–H groups in total. The predicted molar refractivity (Wildman–Crippen MR) is 52.3 cm³/mol. The fourth-order valence-corrected chi connectivity index (χ4v) is 1.47. The molecule has 0 saturated heterocycles. The van der Waals surface area contributed by atoms with Crippen molar-refractivity contribution in [2.24, 2.45) is 0 Å². The van der Waals surface area contributed by atoms with Crippen molar-refractivity contribution >= 4 is 5.97 Å². The van der Waals surface area contributed by atoms with E-state index in [1.165, 1.54) is 25.6 Å². The summed E-state index contributed by atoms with van der Waals surface area (Å²) >= 11 is 0. The Labute approximate surface area is 95.6 Å². The number of carbonyl (C=O) groups is 1. The van der Waals surface area contributed by atoms with Crippen molar-refractivity contribution in [2.45, 2.75) is 25.2 Å². The highest BCUT2D eigenvalue weighted by molar-refractivity contribution is 5.67. The van der Waals surface area contributed by atoms with Crippen LogP contribution in [-0.2, 0) is 11.3 Å². The molecule has 0 bridgehead atoms. The minimum Gasteiger partial charge on any atom is -0.481 e. The van der Waals surface area contributed by atoms with Crippen molar-refractivity contribution in [1.29, 1.82) is 0 Å². The summed E-state index contributed by atoms with van der Waals surface area (Å²) < 4.78 is 42.6. The van der Waals surface area contributed by atoms with Crippen LogP contribution in [0, 0.1) is 0 Å². The molecule has 1 aromatic heterocycles. The lowest BCUT2D eigenvalue weighted by molar-refractivity contribution is -0.188. The lowest BCUT2D eigenvalue weighted by atomic mass is 10.1. The summed E-state index contributed by atoms with van der Waals surface area (Å²) in [4.78, 5) is 11.4. The number of aliphatic carboxylic acids is 1. The molecule has 0 aliphatic heterocycles. The van der Waals surface area contributed by atoms with Gasteiger partial charge < -0.3 is 9.52 Å². The number of carboxylic acid groups (broad SMARTS) is 1. The minimum atomic E-state index is -4.57. The second-order valence-corrected chi connectivity index (χ2v) is 3.70. The smallest absolute Gasteiger partial charge is 0.404 e. The van der Waals surface area contributed by atoms with Crippen LogP contribution in [0.15, 0.2) is 23.0 Å². The highest BCUT2D eigenvalue weighted by Gasteiger charge is 2.43. The van der Waals surface area contributed by atoms with Crippen molar-refractivity contribution in [3.63, 3.8) is 0 Å². The topological polar surface area (TPSA) is 53.7 Å². The molecule has 1 aromatic rings. The zero-order valence-corrected chi connectivity index (χ0v) is 9.07. The van der Waals surface area contributed by atoms with E-state index in [0.29, 0.717) is 5.56 Å². The Bertz CT molecular complexity index is 361. The predicted octanol–water partition coefficient (Wildman–Crippen LogP) is 2.12. The summed E-state index contributed by atoms with van der Waals surface area (Å²) in [6.45, 7) is -0.0199. The van der Waals surface area contributed by atoms with E-state index in [1.54, 1.807) is 0 Å². The monoisotopic (exact) mass is 251 g/mol. The molecule has 4 nitrogen and oxygen atoms in total. The number of carboxylic acids is 1. The van der Waals surface area contributed by atoms with Gasteiger partial charge in [-0.1, -0.05) is 0 Å². The standard InChI is InChI=1S/C10H12F3NO3/c1-14(5-7-2-3-17-6-7)8(4-9(15)16)10(11,12)13/h2-3,6,8H,4-5H2,1H3,(H,15,16). The second-order valence-electron chi connectivity index (χ2n) is 3.70. The van der Waals surface area contributed by atoms with Crippen LogP contribution in [0.1, 0.15) is 12.0 Å². The van der Waals surface area contributed by atoms with Gasteiger partial charge in [0, 0.05) is 12.1 Å². The molecule has 0 spiro atoms. The Morgan fingerprint density at radius 2 is 2.24 bits per heavy atom. The zero-order valence-electron chi connectivity index (χ0n) is 9.07. The molecule has 7 heteroatoms. The lowest BCUT2D eigenvalue weighted by Crippen LogP contribution is -2.44. The summed E-state index contributed by atoms with van der Waals surface area (Å²) in [5, 5.41) is 8.48. The van der Waals surface area contributed by atoms with Crippen LogP contribution in [0.2, 0.25) is 0 Å². The van der Waals surface area contributed by atoms with E-state index in [1.807, 2.05) is 0 Å². The zero-order chi connectivity index (χ0) is 13.1. The Hall–Kier alpha value is -1.50. The van der Waals surface area contributed by atoms with E-state index in [-0.39, 0.29) is 6.54 Å². The molecule has 96 valence electrons. The van der Waals surface area contributed by atoms with Gasteiger partial charge in [0.1, 0.15) is 6.04 Å². The summed E-state index contributed by atoms with van der Waals surface area (Å²) in [5.74, 6) is -1.48.